The maximum absolute atomic E-state index is 13.1. The molecule has 6 nitrogen and oxygen atoms in total. The van der Waals surface area contributed by atoms with Crippen LogP contribution in [-0.4, -0.2) is 53.0 Å². The van der Waals surface area contributed by atoms with Gasteiger partial charge in [-0.05, 0) is 36.1 Å². The van der Waals surface area contributed by atoms with E-state index in [1.54, 1.807) is 0 Å². The van der Waals surface area contributed by atoms with Gasteiger partial charge >= 0.3 is 0 Å². The lowest BCUT2D eigenvalue weighted by Gasteiger charge is -2.36. The third-order valence-electron chi connectivity index (χ3n) is 6.96. The Labute approximate surface area is 196 Å². The molecule has 172 valence electrons. The first-order valence-electron chi connectivity index (χ1n) is 12.3. The summed E-state index contributed by atoms with van der Waals surface area (Å²) in [5, 5.41) is 5.91. The number of hydrogen-bond donors (Lipinski definition) is 1. The zero-order valence-corrected chi connectivity index (χ0v) is 19.5. The normalized spacial score (nSPS) is 17.4. The van der Waals surface area contributed by atoms with Crippen LogP contribution < -0.4 is 10.2 Å². The van der Waals surface area contributed by atoms with E-state index in [4.69, 9.17) is 4.98 Å². The molecule has 1 saturated carbocycles. The molecule has 1 N–H and O–H groups in total. The fourth-order valence-electron chi connectivity index (χ4n) is 5.11. The smallest absolute Gasteiger partial charge is 0.227 e. The molecule has 1 aromatic heterocycles. The number of nitrogens with zero attached hydrogens (tertiary/aromatic N) is 4. The Hall–Kier alpha value is -3.15. The number of hydrogen-bond acceptors (Lipinski definition) is 5. The van der Waals surface area contributed by atoms with Crippen molar-refractivity contribution in [3.05, 3.63) is 59.8 Å². The zero-order valence-electron chi connectivity index (χ0n) is 19.5. The van der Waals surface area contributed by atoms with Crippen LogP contribution in [0.1, 0.15) is 43.4 Å². The summed E-state index contributed by atoms with van der Waals surface area (Å²) in [6.45, 7) is 5.05. The summed E-state index contributed by atoms with van der Waals surface area (Å²) in [5.74, 6) is 1.90. The summed E-state index contributed by atoms with van der Waals surface area (Å²) in [6.07, 6.45) is 6.75. The van der Waals surface area contributed by atoms with Gasteiger partial charge in [-0.1, -0.05) is 61.7 Å². The topological polar surface area (TPSA) is 61.4 Å². The molecule has 0 atom stereocenters. The maximum atomic E-state index is 13.1. The summed E-state index contributed by atoms with van der Waals surface area (Å²) in [4.78, 5) is 26.8. The minimum atomic E-state index is 0.199. The van der Waals surface area contributed by atoms with Gasteiger partial charge in [0.05, 0.1) is 6.42 Å². The number of anilines is 2. The van der Waals surface area contributed by atoms with E-state index in [-0.39, 0.29) is 5.91 Å². The standard InChI is InChI=1S/C27H33N5O/c1-20-18-25(30-27(28-20)29-23-11-3-2-4-12-23)31-14-16-32(17-15-31)26(33)19-22-10-7-9-21-8-5-6-13-24(21)22/h5-10,13,18,23H,2-4,11-12,14-17,19H2,1H3,(H,28,29,30). The lowest BCUT2D eigenvalue weighted by Crippen LogP contribution is -2.49. The van der Waals surface area contributed by atoms with E-state index in [1.807, 2.05) is 30.0 Å². The van der Waals surface area contributed by atoms with Gasteiger partial charge in [0.1, 0.15) is 5.82 Å². The Bertz CT molecular complexity index is 1110. The molecule has 2 heterocycles. The van der Waals surface area contributed by atoms with Crippen LogP contribution in [-0.2, 0) is 11.2 Å². The summed E-state index contributed by atoms with van der Waals surface area (Å²) in [7, 11) is 0. The number of aromatic nitrogens is 2. The van der Waals surface area contributed by atoms with Crippen molar-refractivity contribution in [1.29, 1.82) is 0 Å². The second kappa shape index (κ2) is 9.77. The largest absolute Gasteiger partial charge is 0.353 e. The van der Waals surface area contributed by atoms with Gasteiger partial charge in [-0.2, -0.15) is 4.98 Å². The number of carbonyl (C=O) groups is 1. The van der Waals surface area contributed by atoms with Crippen LogP contribution in [0.3, 0.4) is 0 Å². The van der Waals surface area contributed by atoms with Crippen LogP contribution in [0.15, 0.2) is 48.5 Å². The van der Waals surface area contributed by atoms with Crippen molar-refractivity contribution in [3.63, 3.8) is 0 Å². The molecule has 1 amide bonds. The fourth-order valence-corrected chi connectivity index (χ4v) is 5.11. The number of rotatable bonds is 5. The van der Waals surface area contributed by atoms with Crippen LogP contribution in [0.5, 0.6) is 0 Å². The average Bonchev–Trinajstić information content (AvgIpc) is 2.85. The minimum absolute atomic E-state index is 0.199. The van der Waals surface area contributed by atoms with E-state index in [0.717, 1.165) is 49.2 Å². The molecule has 5 rings (SSSR count). The summed E-state index contributed by atoms with van der Waals surface area (Å²) in [6, 6.07) is 17.0. The van der Waals surface area contributed by atoms with Crippen LogP contribution in [0.2, 0.25) is 0 Å². The fraction of sp³-hybridized carbons (Fsp3) is 0.444. The van der Waals surface area contributed by atoms with E-state index in [9.17, 15) is 4.79 Å². The Morgan fingerprint density at radius 3 is 2.55 bits per heavy atom. The first kappa shape index (κ1) is 21.7. The summed E-state index contributed by atoms with van der Waals surface area (Å²) >= 11 is 0. The molecular formula is C27H33N5O. The average molecular weight is 444 g/mol. The van der Waals surface area contributed by atoms with Gasteiger partial charge < -0.3 is 15.1 Å². The third kappa shape index (κ3) is 5.10. The van der Waals surface area contributed by atoms with E-state index in [2.05, 4.69) is 45.5 Å². The molecule has 1 aliphatic heterocycles. The molecule has 33 heavy (non-hydrogen) atoms. The molecule has 1 aliphatic carbocycles. The Balaban J connectivity index is 1.21. The van der Waals surface area contributed by atoms with Crippen molar-refractivity contribution in [2.75, 3.05) is 36.4 Å². The van der Waals surface area contributed by atoms with Crippen LogP contribution in [0.4, 0.5) is 11.8 Å². The van der Waals surface area contributed by atoms with Gasteiger partial charge in [0.25, 0.3) is 0 Å². The molecule has 2 aromatic carbocycles. The first-order chi connectivity index (χ1) is 16.2. The van der Waals surface area contributed by atoms with Gasteiger partial charge in [-0.25, -0.2) is 4.98 Å². The molecule has 3 aromatic rings. The molecule has 0 unspecified atom stereocenters. The number of amides is 1. The van der Waals surface area contributed by atoms with Gasteiger partial charge in [0, 0.05) is 44.0 Å². The number of fused-ring (bicyclic) bond motifs is 1. The molecule has 2 fully saturated rings. The highest BCUT2D eigenvalue weighted by Crippen LogP contribution is 2.23. The predicted molar refractivity (Wildman–Crippen MR) is 134 cm³/mol. The molecule has 0 spiro atoms. The monoisotopic (exact) mass is 443 g/mol. The number of carbonyl (C=O) groups excluding carboxylic acids is 1. The lowest BCUT2D eigenvalue weighted by molar-refractivity contribution is -0.130. The highest BCUT2D eigenvalue weighted by atomic mass is 16.2. The van der Waals surface area contributed by atoms with Crippen molar-refractivity contribution in [2.24, 2.45) is 0 Å². The maximum Gasteiger partial charge on any atom is 0.227 e. The second-order valence-electron chi connectivity index (χ2n) is 9.35. The number of benzene rings is 2. The Morgan fingerprint density at radius 2 is 1.73 bits per heavy atom. The minimum Gasteiger partial charge on any atom is -0.353 e. The SMILES string of the molecule is Cc1cc(N2CCN(C(=O)Cc3cccc4ccccc34)CC2)nc(NC2CCCCC2)n1. The number of nitrogens with one attached hydrogen (secondary N) is 1. The molecule has 6 heteroatoms. The van der Waals surface area contributed by atoms with Crippen molar-refractivity contribution in [3.8, 4) is 0 Å². The number of aryl methyl sites for hydroxylation is 1. The number of piperazine rings is 1. The van der Waals surface area contributed by atoms with E-state index in [0.29, 0.717) is 12.5 Å². The predicted octanol–water partition coefficient (Wildman–Crippen LogP) is 4.57. The Morgan fingerprint density at radius 1 is 0.970 bits per heavy atom. The second-order valence-corrected chi connectivity index (χ2v) is 9.35. The van der Waals surface area contributed by atoms with Crippen LogP contribution >= 0.6 is 0 Å². The Kier molecular flexibility index (Phi) is 6.42. The summed E-state index contributed by atoms with van der Waals surface area (Å²) < 4.78 is 0. The molecule has 0 bridgehead atoms. The van der Waals surface area contributed by atoms with E-state index in [1.165, 1.54) is 42.9 Å². The molecule has 2 aliphatic rings. The van der Waals surface area contributed by atoms with Gasteiger partial charge in [0.2, 0.25) is 11.9 Å². The van der Waals surface area contributed by atoms with Crippen molar-refractivity contribution < 1.29 is 4.79 Å². The third-order valence-corrected chi connectivity index (χ3v) is 6.96. The molecule has 1 saturated heterocycles. The van der Waals surface area contributed by atoms with Gasteiger partial charge in [-0.15, -0.1) is 0 Å². The lowest BCUT2D eigenvalue weighted by atomic mass is 9.96. The van der Waals surface area contributed by atoms with Crippen molar-refractivity contribution in [2.45, 2.75) is 51.5 Å². The zero-order chi connectivity index (χ0) is 22.6. The highest BCUT2D eigenvalue weighted by Gasteiger charge is 2.23. The highest BCUT2D eigenvalue weighted by molar-refractivity contribution is 5.90. The van der Waals surface area contributed by atoms with E-state index < -0.39 is 0 Å². The molecule has 0 radical (unpaired) electrons. The van der Waals surface area contributed by atoms with E-state index >= 15 is 0 Å². The van der Waals surface area contributed by atoms with Crippen molar-refractivity contribution in [1.82, 2.24) is 14.9 Å². The van der Waals surface area contributed by atoms with Gasteiger partial charge in [-0.3, -0.25) is 4.79 Å². The van der Waals surface area contributed by atoms with Crippen LogP contribution in [0, 0.1) is 6.92 Å². The van der Waals surface area contributed by atoms with Gasteiger partial charge in [0.15, 0.2) is 0 Å². The molecular weight excluding hydrogens is 410 g/mol. The van der Waals surface area contributed by atoms with Crippen LogP contribution in [0.25, 0.3) is 10.8 Å². The summed E-state index contributed by atoms with van der Waals surface area (Å²) in [5.41, 5.74) is 2.08. The van der Waals surface area contributed by atoms with Crippen molar-refractivity contribution >= 4 is 28.4 Å². The first-order valence-corrected chi connectivity index (χ1v) is 12.3. The quantitative estimate of drug-likeness (QED) is 0.626.